The molecule has 0 radical (unpaired) electrons. The molecule has 0 aromatic carbocycles. The molecule has 2 aliphatic rings. The molecule has 2 fully saturated rings. The van der Waals surface area contributed by atoms with E-state index < -0.39 is 0 Å². The zero-order chi connectivity index (χ0) is 16.9. The van der Waals surface area contributed by atoms with Crippen molar-refractivity contribution in [3.8, 4) is 5.88 Å². The van der Waals surface area contributed by atoms with Gasteiger partial charge in [0.2, 0.25) is 11.8 Å². The number of rotatable bonds is 2. The molecular formula is C18H25N3O3. The number of hydrogen-bond donors (Lipinski definition) is 1. The molecule has 1 aliphatic carbocycles. The molecule has 1 saturated heterocycles. The van der Waals surface area contributed by atoms with Crippen molar-refractivity contribution in [1.29, 1.82) is 0 Å². The molecule has 3 rings (SSSR count). The van der Waals surface area contributed by atoms with Crippen LogP contribution in [0.5, 0.6) is 5.88 Å². The number of nitrogens with one attached hydrogen (secondary N) is 1. The smallest absolute Gasteiger partial charge is 0.255 e. The Kier molecular flexibility index (Phi) is 5.33. The van der Waals surface area contributed by atoms with Gasteiger partial charge in [-0.1, -0.05) is 6.42 Å². The molecule has 0 bridgehead atoms. The van der Waals surface area contributed by atoms with Crippen LogP contribution in [0.15, 0.2) is 18.3 Å². The lowest BCUT2D eigenvalue weighted by Gasteiger charge is -2.33. The van der Waals surface area contributed by atoms with E-state index >= 15 is 0 Å². The third-order valence-electron chi connectivity index (χ3n) is 5.04. The summed E-state index contributed by atoms with van der Waals surface area (Å²) in [4.78, 5) is 31.5. The average molecular weight is 331 g/mol. The number of aromatic nitrogens is 1. The maximum atomic E-state index is 13.0. The molecule has 2 amide bonds. The van der Waals surface area contributed by atoms with E-state index in [1.54, 1.807) is 25.4 Å². The SMILES string of the molecule is COc1ccc(C(=O)N2CCCCCNC(=O)[C@@H]3CCC[C@@H]32)cn1. The highest BCUT2D eigenvalue weighted by Gasteiger charge is 2.39. The highest BCUT2D eigenvalue weighted by atomic mass is 16.5. The first-order valence-corrected chi connectivity index (χ1v) is 8.79. The van der Waals surface area contributed by atoms with Crippen molar-refractivity contribution in [2.75, 3.05) is 20.2 Å². The fourth-order valence-corrected chi connectivity index (χ4v) is 3.76. The van der Waals surface area contributed by atoms with Crippen molar-refractivity contribution < 1.29 is 14.3 Å². The molecule has 2 heterocycles. The minimum absolute atomic E-state index is 0.00213. The van der Waals surface area contributed by atoms with E-state index in [-0.39, 0.29) is 23.8 Å². The molecule has 24 heavy (non-hydrogen) atoms. The summed E-state index contributed by atoms with van der Waals surface area (Å²) >= 11 is 0. The van der Waals surface area contributed by atoms with E-state index in [1.807, 2.05) is 4.90 Å². The van der Waals surface area contributed by atoms with E-state index in [0.717, 1.165) is 45.1 Å². The van der Waals surface area contributed by atoms with E-state index in [1.165, 1.54) is 0 Å². The van der Waals surface area contributed by atoms with Crippen LogP contribution in [-0.2, 0) is 4.79 Å². The Morgan fingerprint density at radius 1 is 1.25 bits per heavy atom. The van der Waals surface area contributed by atoms with Crippen molar-refractivity contribution in [3.63, 3.8) is 0 Å². The number of fused-ring (bicyclic) bond motifs is 1. The summed E-state index contributed by atoms with van der Waals surface area (Å²) in [7, 11) is 1.55. The monoisotopic (exact) mass is 331 g/mol. The molecule has 1 N–H and O–H groups in total. The second-order valence-electron chi connectivity index (χ2n) is 6.54. The number of methoxy groups -OCH3 is 1. The van der Waals surface area contributed by atoms with E-state index in [4.69, 9.17) is 4.74 Å². The van der Waals surface area contributed by atoms with Gasteiger partial charge >= 0.3 is 0 Å². The normalized spacial score (nSPS) is 24.9. The van der Waals surface area contributed by atoms with Gasteiger partial charge in [0, 0.05) is 31.4 Å². The van der Waals surface area contributed by atoms with Crippen molar-refractivity contribution in [3.05, 3.63) is 23.9 Å². The van der Waals surface area contributed by atoms with Gasteiger partial charge < -0.3 is 15.0 Å². The number of ether oxygens (including phenoxy) is 1. The van der Waals surface area contributed by atoms with E-state index in [2.05, 4.69) is 10.3 Å². The van der Waals surface area contributed by atoms with Gasteiger partial charge in [-0.2, -0.15) is 0 Å². The maximum absolute atomic E-state index is 13.0. The molecule has 1 aromatic rings. The molecule has 6 nitrogen and oxygen atoms in total. The summed E-state index contributed by atoms with van der Waals surface area (Å²) < 4.78 is 5.06. The second kappa shape index (κ2) is 7.64. The van der Waals surface area contributed by atoms with Gasteiger partial charge in [0.1, 0.15) is 0 Å². The summed E-state index contributed by atoms with van der Waals surface area (Å²) in [5.74, 6) is 0.476. The molecule has 0 unspecified atom stereocenters. The zero-order valence-corrected chi connectivity index (χ0v) is 14.2. The lowest BCUT2D eigenvalue weighted by Crippen LogP contribution is -2.48. The summed E-state index contributed by atoms with van der Waals surface area (Å²) in [6.07, 6.45) is 7.26. The molecule has 1 aromatic heterocycles. The van der Waals surface area contributed by atoms with Gasteiger partial charge in [-0.05, 0) is 38.2 Å². The van der Waals surface area contributed by atoms with Crippen LogP contribution in [0.1, 0.15) is 48.9 Å². The largest absolute Gasteiger partial charge is 0.481 e. The lowest BCUT2D eigenvalue weighted by molar-refractivity contribution is -0.126. The first kappa shape index (κ1) is 16.7. The Labute approximate surface area is 142 Å². The molecule has 6 heteroatoms. The first-order valence-electron chi connectivity index (χ1n) is 8.79. The van der Waals surface area contributed by atoms with E-state index in [0.29, 0.717) is 18.0 Å². The Bertz CT molecular complexity index is 588. The number of nitrogens with zero attached hydrogens (tertiary/aromatic N) is 2. The lowest BCUT2D eigenvalue weighted by atomic mass is 9.98. The molecule has 1 aliphatic heterocycles. The van der Waals surface area contributed by atoms with Crippen LogP contribution >= 0.6 is 0 Å². The molecule has 130 valence electrons. The Morgan fingerprint density at radius 3 is 2.88 bits per heavy atom. The van der Waals surface area contributed by atoms with Crippen LogP contribution in [-0.4, -0.2) is 47.9 Å². The second-order valence-corrected chi connectivity index (χ2v) is 6.54. The number of amides is 2. The van der Waals surface area contributed by atoms with E-state index in [9.17, 15) is 9.59 Å². The number of carbonyl (C=O) groups is 2. The van der Waals surface area contributed by atoms with Gasteiger partial charge in [0.15, 0.2) is 0 Å². The summed E-state index contributed by atoms with van der Waals surface area (Å²) in [5, 5.41) is 3.03. The molecular weight excluding hydrogens is 306 g/mol. The molecule has 1 saturated carbocycles. The fourth-order valence-electron chi connectivity index (χ4n) is 3.76. The number of pyridine rings is 1. The number of carbonyl (C=O) groups excluding carboxylic acids is 2. The van der Waals surface area contributed by atoms with Crippen LogP contribution in [0.4, 0.5) is 0 Å². The van der Waals surface area contributed by atoms with Gasteiger partial charge in [-0.15, -0.1) is 0 Å². The number of hydrogen-bond acceptors (Lipinski definition) is 4. The van der Waals surface area contributed by atoms with Crippen molar-refractivity contribution >= 4 is 11.8 Å². The van der Waals surface area contributed by atoms with Gasteiger partial charge in [0.25, 0.3) is 5.91 Å². The quantitative estimate of drug-likeness (QED) is 0.900. The highest BCUT2D eigenvalue weighted by molar-refractivity contribution is 5.94. The Morgan fingerprint density at radius 2 is 2.12 bits per heavy atom. The minimum Gasteiger partial charge on any atom is -0.481 e. The minimum atomic E-state index is -0.0849. The van der Waals surface area contributed by atoms with Crippen LogP contribution in [0.2, 0.25) is 0 Å². The fraction of sp³-hybridized carbons (Fsp3) is 0.611. The predicted octanol–water partition coefficient (Wildman–Crippen LogP) is 2.00. The summed E-state index contributed by atoms with van der Waals surface area (Å²) in [5.41, 5.74) is 0.555. The topological polar surface area (TPSA) is 71.5 Å². The third kappa shape index (κ3) is 3.52. The van der Waals surface area contributed by atoms with Crippen LogP contribution in [0.3, 0.4) is 0 Å². The van der Waals surface area contributed by atoms with Crippen molar-refractivity contribution in [2.45, 2.75) is 44.6 Å². The third-order valence-corrected chi connectivity index (χ3v) is 5.04. The molecule has 2 atom stereocenters. The highest BCUT2D eigenvalue weighted by Crippen LogP contribution is 2.32. The first-order chi connectivity index (χ1) is 11.7. The van der Waals surface area contributed by atoms with Gasteiger partial charge in [-0.3, -0.25) is 9.59 Å². The average Bonchev–Trinajstić information content (AvgIpc) is 3.10. The van der Waals surface area contributed by atoms with Gasteiger partial charge in [-0.25, -0.2) is 4.98 Å². The van der Waals surface area contributed by atoms with Gasteiger partial charge in [0.05, 0.1) is 18.6 Å². The predicted molar refractivity (Wildman–Crippen MR) is 89.8 cm³/mol. The Hall–Kier alpha value is -2.11. The van der Waals surface area contributed by atoms with Crippen molar-refractivity contribution in [2.24, 2.45) is 5.92 Å². The van der Waals surface area contributed by atoms with Crippen LogP contribution in [0.25, 0.3) is 0 Å². The Balaban J connectivity index is 1.83. The zero-order valence-electron chi connectivity index (χ0n) is 14.2. The standard InChI is InChI=1S/C18H25N3O3/c1-24-16-9-8-13(12-20-16)18(23)21-11-4-2-3-10-19-17(22)14-6-5-7-15(14)21/h8-9,12,14-15H,2-7,10-11H2,1H3,(H,19,22)/t14-,15+/m1/s1. The van der Waals surface area contributed by atoms with Crippen molar-refractivity contribution in [1.82, 2.24) is 15.2 Å². The van der Waals surface area contributed by atoms with Crippen LogP contribution in [0, 0.1) is 5.92 Å². The van der Waals surface area contributed by atoms with Crippen LogP contribution < -0.4 is 10.1 Å². The maximum Gasteiger partial charge on any atom is 0.255 e. The summed E-state index contributed by atoms with van der Waals surface area (Å²) in [6.45, 7) is 1.46. The summed E-state index contributed by atoms with van der Waals surface area (Å²) in [6, 6.07) is 3.45. The molecule has 0 spiro atoms.